The number of nitrogens with zero attached hydrogens (tertiary/aromatic N) is 3. The smallest absolute Gasteiger partial charge is 0.272 e. The lowest BCUT2D eigenvalue weighted by Crippen LogP contribution is -2.23. The van der Waals surface area contributed by atoms with Crippen molar-refractivity contribution in [1.82, 2.24) is 14.5 Å². The summed E-state index contributed by atoms with van der Waals surface area (Å²) in [4.78, 5) is 36.5. The van der Waals surface area contributed by atoms with E-state index >= 15 is 0 Å². The summed E-state index contributed by atoms with van der Waals surface area (Å²) in [6.07, 6.45) is 2.64. The first kappa shape index (κ1) is 24.5. The molecule has 0 saturated carbocycles. The maximum Gasteiger partial charge on any atom is 0.272 e. The summed E-state index contributed by atoms with van der Waals surface area (Å²) in [7, 11) is 0. The van der Waals surface area contributed by atoms with E-state index in [0.29, 0.717) is 39.1 Å². The Labute approximate surface area is 220 Å². The Morgan fingerprint density at radius 3 is 2.64 bits per heavy atom. The number of thiophene rings is 1. The molecule has 3 aromatic heterocycles. The number of carbonyl (C=O) groups excluding carboxylic acids is 1. The van der Waals surface area contributed by atoms with Crippen molar-refractivity contribution in [3.63, 3.8) is 0 Å². The van der Waals surface area contributed by atoms with Crippen LogP contribution in [0.25, 0.3) is 20.4 Å². The van der Waals surface area contributed by atoms with Crippen LogP contribution in [0, 0.1) is 0 Å². The molecule has 0 radical (unpaired) electrons. The maximum absolute atomic E-state index is 13.7. The Balaban J connectivity index is 1.51. The van der Waals surface area contributed by atoms with Gasteiger partial charge in [-0.1, -0.05) is 42.4 Å². The summed E-state index contributed by atoms with van der Waals surface area (Å²) in [5.41, 5.74) is 1.98. The summed E-state index contributed by atoms with van der Waals surface area (Å²) in [6, 6.07) is 18.2. The lowest BCUT2D eigenvalue weighted by atomic mass is 10.1. The van der Waals surface area contributed by atoms with Gasteiger partial charge < -0.3 is 4.74 Å². The third-order valence-electron chi connectivity index (χ3n) is 5.55. The Morgan fingerprint density at radius 2 is 1.89 bits per heavy atom. The molecule has 0 aliphatic rings. The zero-order valence-electron chi connectivity index (χ0n) is 19.4. The number of carbonyl (C=O) groups is 1. The van der Waals surface area contributed by atoms with E-state index in [2.05, 4.69) is 11.9 Å². The van der Waals surface area contributed by atoms with Gasteiger partial charge in [0.05, 0.1) is 24.4 Å². The topological polar surface area (TPSA) is 74.1 Å². The zero-order valence-corrected chi connectivity index (χ0v) is 21.8. The summed E-state index contributed by atoms with van der Waals surface area (Å²) < 4.78 is 7.87. The van der Waals surface area contributed by atoms with Crippen molar-refractivity contribution in [3.05, 3.63) is 93.4 Å². The van der Waals surface area contributed by atoms with Gasteiger partial charge in [0.1, 0.15) is 15.3 Å². The van der Waals surface area contributed by atoms with E-state index in [4.69, 9.17) is 21.3 Å². The molecule has 5 rings (SSSR count). The molecule has 0 aliphatic carbocycles. The second-order valence-electron chi connectivity index (χ2n) is 8.13. The van der Waals surface area contributed by atoms with E-state index in [9.17, 15) is 9.59 Å². The lowest BCUT2D eigenvalue weighted by molar-refractivity contribution is 0.102. The molecule has 5 aromatic rings. The fourth-order valence-corrected chi connectivity index (χ4v) is 5.78. The Hall–Kier alpha value is -3.20. The van der Waals surface area contributed by atoms with E-state index in [0.717, 1.165) is 28.0 Å². The fourth-order valence-electron chi connectivity index (χ4n) is 3.73. The normalized spacial score (nSPS) is 11.3. The molecule has 36 heavy (non-hydrogen) atoms. The van der Waals surface area contributed by atoms with E-state index in [-0.39, 0.29) is 17.1 Å². The highest BCUT2D eigenvalue weighted by Gasteiger charge is 2.18. The highest BCUT2D eigenvalue weighted by Crippen LogP contribution is 2.31. The summed E-state index contributed by atoms with van der Waals surface area (Å²) in [6.45, 7) is 3.04. The largest absolute Gasteiger partial charge is 0.494 e. The van der Waals surface area contributed by atoms with Crippen LogP contribution >= 0.6 is 34.7 Å². The van der Waals surface area contributed by atoms with Crippen molar-refractivity contribution >= 4 is 60.9 Å². The average molecular weight is 536 g/mol. The van der Waals surface area contributed by atoms with Crippen LogP contribution in [-0.2, 0) is 6.54 Å². The van der Waals surface area contributed by atoms with E-state index in [1.165, 1.54) is 23.1 Å². The minimum absolute atomic E-state index is 0.0631. The van der Waals surface area contributed by atoms with Crippen molar-refractivity contribution < 1.29 is 9.53 Å². The number of fused-ring (bicyclic) bond motifs is 3. The van der Waals surface area contributed by atoms with Gasteiger partial charge in [-0.2, -0.15) is 0 Å². The molecule has 6 nitrogen and oxygen atoms in total. The number of aromatic nitrogens is 3. The van der Waals surface area contributed by atoms with Crippen molar-refractivity contribution in [2.24, 2.45) is 0 Å². The molecule has 9 heteroatoms. The average Bonchev–Trinajstić information content (AvgIpc) is 3.28. The molecule has 3 heterocycles. The first-order chi connectivity index (χ1) is 17.5. The molecule has 0 saturated heterocycles. The number of thioether (sulfide) groups is 1. The molecule has 0 aliphatic heterocycles. The van der Waals surface area contributed by atoms with E-state index < -0.39 is 0 Å². The molecule has 0 fully saturated rings. The highest BCUT2D eigenvalue weighted by molar-refractivity contribution is 7.99. The summed E-state index contributed by atoms with van der Waals surface area (Å²) in [5.74, 6) is 0.871. The summed E-state index contributed by atoms with van der Waals surface area (Å²) in [5, 5.41) is 1.90. The van der Waals surface area contributed by atoms with Crippen LogP contribution in [0.1, 0.15) is 29.3 Å². The van der Waals surface area contributed by atoms with Crippen molar-refractivity contribution in [1.29, 1.82) is 0 Å². The van der Waals surface area contributed by atoms with Gasteiger partial charge in [-0.3, -0.25) is 14.2 Å². The van der Waals surface area contributed by atoms with Crippen LogP contribution in [0.15, 0.2) is 76.8 Å². The molecule has 0 unspecified atom stereocenters. The standard InChI is InChI=1S/C27H22ClN3O3S2/c1-2-14-34-20-11-5-17(6-12-20)15-31-26(33)24-23(21-4-3-13-29-25(21)36-24)30-27(31)35-16-22(32)18-7-9-19(28)10-8-18/h3-13H,2,14-16H2,1H3. The molecule has 0 spiro atoms. The van der Waals surface area contributed by atoms with Crippen molar-refractivity contribution in [3.8, 4) is 5.75 Å². The van der Waals surface area contributed by atoms with Gasteiger partial charge in [0.2, 0.25) is 0 Å². The second-order valence-corrected chi connectivity index (χ2v) is 10.5. The lowest BCUT2D eigenvalue weighted by Gasteiger charge is -2.13. The number of pyridine rings is 1. The van der Waals surface area contributed by atoms with E-state index in [1.807, 2.05) is 36.4 Å². The Morgan fingerprint density at radius 1 is 1.11 bits per heavy atom. The Kier molecular flexibility index (Phi) is 7.36. The molecular formula is C27H22ClN3O3S2. The van der Waals surface area contributed by atoms with Crippen LogP contribution in [0.2, 0.25) is 5.02 Å². The molecule has 0 amide bonds. The van der Waals surface area contributed by atoms with Crippen molar-refractivity contribution in [2.75, 3.05) is 12.4 Å². The quantitative estimate of drug-likeness (QED) is 0.122. The monoisotopic (exact) mass is 535 g/mol. The van der Waals surface area contributed by atoms with Gasteiger partial charge >= 0.3 is 0 Å². The number of ether oxygens (including phenoxy) is 1. The molecule has 2 aromatic carbocycles. The SMILES string of the molecule is CCCOc1ccc(Cn2c(SCC(=O)c3ccc(Cl)cc3)nc3c(sc4ncccc43)c2=O)cc1. The number of benzene rings is 2. The van der Waals surface area contributed by atoms with E-state index in [1.54, 1.807) is 35.0 Å². The third-order valence-corrected chi connectivity index (χ3v) is 7.87. The van der Waals surface area contributed by atoms with Gasteiger partial charge in [-0.25, -0.2) is 9.97 Å². The molecule has 0 bridgehead atoms. The number of ketones is 1. The number of rotatable bonds is 9. The number of hydrogen-bond acceptors (Lipinski definition) is 7. The van der Waals surface area contributed by atoms with Crippen LogP contribution < -0.4 is 10.3 Å². The predicted octanol–water partition coefficient (Wildman–Crippen LogP) is 6.47. The molecule has 182 valence electrons. The third kappa shape index (κ3) is 5.16. The van der Waals surface area contributed by atoms with Crippen molar-refractivity contribution in [2.45, 2.75) is 25.0 Å². The number of hydrogen-bond donors (Lipinski definition) is 0. The number of halogens is 1. The molecule has 0 atom stereocenters. The minimum Gasteiger partial charge on any atom is -0.494 e. The second kappa shape index (κ2) is 10.8. The van der Waals surface area contributed by atoms with Gasteiger partial charge in [0, 0.05) is 22.2 Å². The highest BCUT2D eigenvalue weighted by atomic mass is 35.5. The first-order valence-electron chi connectivity index (χ1n) is 11.4. The van der Waals surface area contributed by atoms with Crippen LogP contribution in [0.4, 0.5) is 0 Å². The number of Topliss-reactive ketones (excluding diaryl/α,β-unsaturated/α-hetero) is 1. The van der Waals surface area contributed by atoms with Crippen LogP contribution in [0.3, 0.4) is 0 Å². The van der Waals surface area contributed by atoms with Crippen LogP contribution in [0.5, 0.6) is 5.75 Å². The summed E-state index contributed by atoms with van der Waals surface area (Å²) >= 11 is 8.55. The van der Waals surface area contributed by atoms with Gasteiger partial charge in [0.15, 0.2) is 10.9 Å². The van der Waals surface area contributed by atoms with Crippen LogP contribution in [-0.4, -0.2) is 32.7 Å². The molecular weight excluding hydrogens is 514 g/mol. The molecule has 0 N–H and O–H groups in total. The maximum atomic E-state index is 13.7. The zero-order chi connectivity index (χ0) is 25.1. The predicted molar refractivity (Wildman–Crippen MR) is 147 cm³/mol. The van der Waals surface area contributed by atoms with Gasteiger partial charge in [-0.15, -0.1) is 11.3 Å². The fraction of sp³-hybridized carbons (Fsp3) is 0.185. The first-order valence-corrected chi connectivity index (χ1v) is 13.6. The Bertz CT molecular complexity index is 1600. The minimum atomic E-state index is -0.143. The van der Waals surface area contributed by atoms with Gasteiger partial charge in [0.25, 0.3) is 5.56 Å². The van der Waals surface area contributed by atoms with Gasteiger partial charge in [-0.05, 0) is 60.5 Å².